The van der Waals surface area contributed by atoms with Crippen LogP contribution in [0, 0.1) is 13.8 Å². The average molecular weight is 356 g/mol. The minimum absolute atomic E-state index is 0.263. The first-order valence-corrected chi connectivity index (χ1v) is 8.73. The molecule has 1 unspecified atom stereocenters. The van der Waals surface area contributed by atoms with Crippen LogP contribution >= 0.6 is 0 Å². The lowest BCUT2D eigenvalue weighted by Gasteiger charge is -2.12. The highest BCUT2D eigenvalue weighted by Crippen LogP contribution is 2.31. The Morgan fingerprint density at radius 1 is 1.23 bits per heavy atom. The summed E-state index contributed by atoms with van der Waals surface area (Å²) in [6.07, 6.45) is 0. The van der Waals surface area contributed by atoms with Crippen molar-refractivity contribution in [3.63, 3.8) is 0 Å². The number of amides is 2. The van der Waals surface area contributed by atoms with Crippen LogP contribution < -0.4 is 15.4 Å². The van der Waals surface area contributed by atoms with Crippen molar-refractivity contribution in [2.75, 3.05) is 6.61 Å². The molecule has 2 N–H and O–H groups in total. The summed E-state index contributed by atoms with van der Waals surface area (Å²) in [4.78, 5) is 12.2. The maximum absolute atomic E-state index is 12.2. The highest BCUT2D eigenvalue weighted by Gasteiger charge is 2.16. The summed E-state index contributed by atoms with van der Waals surface area (Å²) < 4.78 is 17.0. The second-order valence-corrected chi connectivity index (χ2v) is 6.24. The van der Waals surface area contributed by atoms with Gasteiger partial charge in [-0.1, -0.05) is 12.1 Å². The minimum Gasteiger partial charge on any atom is -0.490 e. The van der Waals surface area contributed by atoms with Crippen LogP contribution in [0.5, 0.6) is 5.75 Å². The molecule has 6 nitrogen and oxygen atoms in total. The number of ether oxygens (including phenoxy) is 1. The first-order valence-electron chi connectivity index (χ1n) is 8.73. The number of nitrogens with one attached hydrogen (secondary N) is 2. The normalized spacial score (nSPS) is 12.2. The molecule has 0 aliphatic carbocycles. The quantitative estimate of drug-likeness (QED) is 0.676. The Morgan fingerprint density at radius 3 is 2.73 bits per heavy atom. The number of carbonyl (C=O) groups is 1. The van der Waals surface area contributed by atoms with Crippen LogP contribution in [0.1, 0.15) is 42.7 Å². The largest absolute Gasteiger partial charge is 0.490 e. The molecule has 0 radical (unpaired) electrons. The van der Waals surface area contributed by atoms with Gasteiger partial charge in [0.2, 0.25) is 0 Å². The van der Waals surface area contributed by atoms with Gasteiger partial charge in [-0.25, -0.2) is 4.79 Å². The van der Waals surface area contributed by atoms with E-state index in [1.807, 2.05) is 58.0 Å². The molecule has 0 aliphatic heterocycles. The molecule has 0 saturated carbocycles. The number of para-hydroxylation sites is 1. The van der Waals surface area contributed by atoms with E-state index in [2.05, 4.69) is 10.6 Å². The zero-order chi connectivity index (χ0) is 18.7. The molecule has 2 heterocycles. The summed E-state index contributed by atoms with van der Waals surface area (Å²) in [7, 11) is 0. The Morgan fingerprint density at radius 2 is 2.04 bits per heavy atom. The number of urea groups is 1. The molecule has 26 heavy (non-hydrogen) atoms. The molecular weight excluding hydrogens is 332 g/mol. The molecule has 3 rings (SSSR count). The van der Waals surface area contributed by atoms with E-state index >= 15 is 0 Å². The van der Waals surface area contributed by atoms with Gasteiger partial charge in [-0.15, -0.1) is 0 Å². The fraction of sp³-hybridized carbons (Fsp3) is 0.350. The monoisotopic (exact) mass is 356 g/mol. The van der Waals surface area contributed by atoms with Crippen molar-refractivity contribution < 1.29 is 18.4 Å². The molecule has 0 aliphatic rings. The van der Waals surface area contributed by atoms with Crippen molar-refractivity contribution in [1.29, 1.82) is 0 Å². The number of rotatable bonds is 6. The smallest absolute Gasteiger partial charge is 0.315 e. The lowest BCUT2D eigenvalue weighted by Crippen LogP contribution is -2.36. The lowest BCUT2D eigenvalue weighted by atomic mass is 10.2. The molecule has 1 aromatic carbocycles. The first-order chi connectivity index (χ1) is 12.5. The molecular formula is C20H24N2O4. The van der Waals surface area contributed by atoms with Crippen molar-refractivity contribution >= 4 is 17.0 Å². The first kappa shape index (κ1) is 17.9. The molecule has 1 atom stereocenters. The second kappa shape index (κ2) is 7.56. The van der Waals surface area contributed by atoms with E-state index in [4.69, 9.17) is 13.6 Å². The standard InChI is InChI=1S/C20H24N2O4/c1-5-24-17-8-6-7-15-10-18(26-19(15)17)13(3)22-20(23)21-11-16-9-12(2)25-14(16)4/h6-10,13H,5,11H2,1-4H3,(H2,21,22,23). The van der Waals surface area contributed by atoms with Gasteiger partial charge in [0.05, 0.1) is 12.6 Å². The van der Waals surface area contributed by atoms with Crippen LogP contribution in [0.3, 0.4) is 0 Å². The second-order valence-electron chi connectivity index (χ2n) is 6.24. The van der Waals surface area contributed by atoms with E-state index in [-0.39, 0.29) is 12.1 Å². The van der Waals surface area contributed by atoms with Crippen LogP contribution in [0.25, 0.3) is 11.0 Å². The molecule has 0 bridgehead atoms. The summed E-state index contributed by atoms with van der Waals surface area (Å²) in [5, 5.41) is 6.68. The number of hydrogen-bond donors (Lipinski definition) is 2. The zero-order valence-electron chi connectivity index (χ0n) is 15.5. The van der Waals surface area contributed by atoms with E-state index in [1.165, 1.54) is 0 Å². The van der Waals surface area contributed by atoms with E-state index < -0.39 is 0 Å². The van der Waals surface area contributed by atoms with Crippen molar-refractivity contribution in [1.82, 2.24) is 10.6 Å². The fourth-order valence-corrected chi connectivity index (χ4v) is 2.89. The Labute approximate surface area is 152 Å². The van der Waals surface area contributed by atoms with E-state index in [1.54, 1.807) is 0 Å². The highest BCUT2D eigenvalue weighted by molar-refractivity contribution is 5.84. The summed E-state index contributed by atoms with van der Waals surface area (Å²) in [6, 6.07) is 9.07. The van der Waals surface area contributed by atoms with Crippen molar-refractivity contribution in [3.05, 3.63) is 53.2 Å². The van der Waals surface area contributed by atoms with Crippen LogP contribution in [-0.4, -0.2) is 12.6 Å². The lowest BCUT2D eigenvalue weighted by molar-refractivity contribution is 0.236. The van der Waals surface area contributed by atoms with Crippen molar-refractivity contribution in [2.24, 2.45) is 0 Å². The number of fused-ring (bicyclic) bond motifs is 1. The Kier molecular flexibility index (Phi) is 5.21. The topological polar surface area (TPSA) is 76.6 Å². The molecule has 2 amide bonds. The third-order valence-electron chi connectivity index (χ3n) is 4.18. The molecule has 138 valence electrons. The number of carbonyl (C=O) groups excluding carboxylic acids is 1. The van der Waals surface area contributed by atoms with Crippen LogP contribution in [0.4, 0.5) is 4.79 Å². The Balaban J connectivity index is 1.64. The zero-order valence-corrected chi connectivity index (χ0v) is 15.5. The van der Waals surface area contributed by atoms with Gasteiger partial charge >= 0.3 is 6.03 Å². The number of benzene rings is 1. The Bertz CT molecular complexity index is 910. The molecule has 0 fully saturated rings. The van der Waals surface area contributed by atoms with Crippen LogP contribution in [0.15, 0.2) is 39.2 Å². The maximum Gasteiger partial charge on any atom is 0.315 e. The predicted molar refractivity (Wildman–Crippen MR) is 99.4 cm³/mol. The van der Waals surface area contributed by atoms with Gasteiger partial charge in [0, 0.05) is 17.5 Å². The fourth-order valence-electron chi connectivity index (χ4n) is 2.89. The van der Waals surface area contributed by atoms with Gasteiger partial charge in [-0.05, 0) is 45.9 Å². The molecule has 0 spiro atoms. The van der Waals surface area contributed by atoms with Gasteiger partial charge in [-0.3, -0.25) is 0 Å². The van der Waals surface area contributed by atoms with E-state index in [9.17, 15) is 4.79 Å². The summed E-state index contributed by atoms with van der Waals surface area (Å²) in [5.74, 6) is 3.04. The third-order valence-corrected chi connectivity index (χ3v) is 4.18. The molecule has 6 heteroatoms. The number of aryl methyl sites for hydroxylation is 2. The van der Waals surface area contributed by atoms with Crippen LogP contribution in [-0.2, 0) is 6.54 Å². The number of furan rings is 2. The van der Waals surface area contributed by atoms with E-state index in [0.717, 1.165) is 22.5 Å². The number of hydrogen-bond acceptors (Lipinski definition) is 4. The predicted octanol–water partition coefficient (Wildman–Crippen LogP) is 4.60. The summed E-state index contributed by atoms with van der Waals surface area (Å²) in [6.45, 7) is 8.56. The molecule has 0 saturated heterocycles. The van der Waals surface area contributed by atoms with Crippen molar-refractivity contribution in [2.45, 2.75) is 40.3 Å². The summed E-state index contributed by atoms with van der Waals surface area (Å²) in [5.41, 5.74) is 1.67. The van der Waals surface area contributed by atoms with Crippen LogP contribution in [0.2, 0.25) is 0 Å². The summed E-state index contributed by atoms with van der Waals surface area (Å²) >= 11 is 0. The third kappa shape index (κ3) is 3.85. The molecule has 2 aromatic heterocycles. The van der Waals surface area contributed by atoms with Gasteiger partial charge in [0.25, 0.3) is 0 Å². The SMILES string of the molecule is CCOc1cccc2cc(C(C)NC(=O)NCc3cc(C)oc3C)oc12. The average Bonchev–Trinajstić information content (AvgIpc) is 3.17. The Hall–Kier alpha value is -2.89. The highest BCUT2D eigenvalue weighted by atomic mass is 16.5. The van der Waals surface area contributed by atoms with Gasteiger partial charge in [0.15, 0.2) is 11.3 Å². The van der Waals surface area contributed by atoms with Gasteiger partial charge in [0.1, 0.15) is 17.3 Å². The van der Waals surface area contributed by atoms with E-state index in [0.29, 0.717) is 30.2 Å². The van der Waals surface area contributed by atoms with Gasteiger partial charge < -0.3 is 24.2 Å². The molecule has 3 aromatic rings. The van der Waals surface area contributed by atoms with Gasteiger partial charge in [-0.2, -0.15) is 0 Å². The van der Waals surface area contributed by atoms with Crippen molar-refractivity contribution in [3.8, 4) is 5.75 Å². The maximum atomic E-state index is 12.2. The minimum atomic E-state index is -0.274.